The zero-order chi connectivity index (χ0) is 20.3. The largest absolute Gasteiger partial charge is 0.360 e. The van der Waals surface area contributed by atoms with Gasteiger partial charge in [0, 0.05) is 34.7 Å². The van der Waals surface area contributed by atoms with E-state index < -0.39 is 0 Å². The summed E-state index contributed by atoms with van der Waals surface area (Å²) in [5, 5.41) is 4.50. The lowest BCUT2D eigenvalue weighted by molar-refractivity contribution is -0.880. The Kier molecular flexibility index (Phi) is 4.99. The first-order valence-corrected chi connectivity index (χ1v) is 10.4. The average Bonchev–Trinajstić information content (AvgIpc) is 2.81. The molecular formula is C24H25N6+. The molecule has 5 rings (SSSR count). The van der Waals surface area contributed by atoms with E-state index in [4.69, 9.17) is 9.97 Å². The van der Waals surface area contributed by atoms with Crippen LogP contribution in [0.4, 0.5) is 17.2 Å². The van der Waals surface area contributed by atoms with Crippen molar-refractivity contribution in [1.82, 2.24) is 15.0 Å². The van der Waals surface area contributed by atoms with Gasteiger partial charge in [0.1, 0.15) is 5.82 Å². The monoisotopic (exact) mass is 397 g/mol. The van der Waals surface area contributed by atoms with Gasteiger partial charge in [-0.05, 0) is 48.5 Å². The number of rotatable bonds is 4. The van der Waals surface area contributed by atoms with E-state index in [2.05, 4.69) is 46.5 Å². The Labute approximate surface area is 176 Å². The number of quaternary nitrogens is 1. The van der Waals surface area contributed by atoms with Crippen LogP contribution in [0.2, 0.25) is 0 Å². The van der Waals surface area contributed by atoms with Crippen molar-refractivity contribution in [3.05, 3.63) is 73.1 Å². The number of anilines is 3. The molecule has 0 saturated carbocycles. The highest BCUT2D eigenvalue weighted by Gasteiger charge is 2.17. The number of aromatic nitrogens is 3. The number of fused-ring (bicyclic) bond motifs is 1. The highest BCUT2D eigenvalue weighted by Crippen LogP contribution is 2.28. The highest BCUT2D eigenvalue weighted by molar-refractivity contribution is 5.92. The van der Waals surface area contributed by atoms with Crippen molar-refractivity contribution in [1.29, 1.82) is 0 Å². The van der Waals surface area contributed by atoms with Gasteiger partial charge in [-0.1, -0.05) is 12.1 Å². The number of nitrogens with zero attached hydrogens (tertiary/aromatic N) is 4. The summed E-state index contributed by atoms with van der Waals surface area (Å²) in [6, 6.07) is 20.6. The van der Waals surface area contributed by atoms with Gasteiger partial charge < -0.3 is 15.1 Å². The van der Waals surface area contributed by atoms with Crippen LogP contribution in [0.25, 0.3) is 22.3 Å². The summed E-state index contributed by atoms with van der Waals surface area (Å²) in [7, 11) is 2.26. The molecule has 150 valence electrons. The molecule has 0 bridgehead atoms. The molecule has 2 N–H and O–H groups in total. The molecule has 2 aromatic carbocycles. The molecule has 0 amide bonds. The third-order valence-corrected chi connectivity index (χ3v) is 5.64. The minimum absolute atomic E-state index is 0.667. The fourth-order valence-electron chi connectivity index (χ4n) is 3.83. The minimum atomic E-state index is 0.667. The fraction of sp³-hybridized carbons (Fsp3) is 0.208. The lowest BCUT2D eigenvalue weighted by Crippen LogP contribution is -3.12. The van der Waals surface area contributed by atoms with Crippen molar-refractivity contribution in [2.75, 3.05) is 43.4 Å². The van der Waals surface area contributed by atoms with Gasteiger partial charge in [-0.25, -0.2) is 9.97 Å². The Morgan fingerprint density at radius 1 is 0.900 bits per heavy atom. The molecule has 0 spiro atoms. The number of nitrogens with one attached hydrogen (secondary N) is 2. The summed E-state index contributed by atoms with van der Waals surface area (Å²) in [5.74, 6) is 1.47. The summed E-state index contributed by atoms with van der Waals surface area (Å²) in [6.07, 6.45) is 3.55. The molecule has 30 heavy (non-hydrogen) atoms. The van der Waals surface area contributed by atoms with Gasteiger partial charge in [-0.2, -0.15) is 0 Å². The molecule has 0 unspecified atom stereocenters. The van der Waals surface area contributed by atoms with Gasteiger partial charge in [-0.3, -0.25) is 4.98 Å². The normalized spacial score (nSPS) is 14.8. The van der Waals surface area contributed by atoms with E-state index in [9.17, 15) is 0 Å². The van der Waals surface area contributed by atoms with Crippen molar-refractivity contribution in [2.24, 2.45) is 0 Å². The Morgan fingerprint density at radius 3 is 2.47 bits per heavy atom. The fourth-order valence-corrected chi connectivity index (χ4v) is 3.83. The van der Waals surface area contributed by atoms with Crippen LogP contribution in [0.5, 0.6) is 0 Å². The van der Waals surface area contributed by atoms with Gasteiger partial charge in [0.05, 0.1) is 38.7 Å². The van der Waals surface area contributed by atoms with E-state index >= 15 is 0 Å². The van der Waals surface area contributed by atoms with Gasteiger partial charge in [0.25, 0.3) is 0 Å². The minimum Gasteiger partial charge on any atom is -0.360 e. The Balaban J connectivity index is 1.45. The van der Waals surface area contributed by atoms with E-state index in [1.807, 2.05) is 36.4 Å². The van der Waals surface area contributed by atoms with Gasteiger partial charge >= 0.3 is 0 Å². The zero-order valence-corrected chi connectivity index (χ0v) is 17.0. The smallest absolute Gasteiger partial charge is 0.163 e. The Hall–Kier alpha value is -3.51. The van der Waals surface area contributed by atoms with E-state index in [-0.39, 0.29) is 0 Å². The molecule has 4 aromatic rings. The number of hydrogen-bond acceptors (Lipinski definition) is 5. The third kappa shape index (κ3) is 3.82. The van der Waals surface area contributed by atoms with Gasteiger partial charge in [0.2, 0.25) is 0 Å². The maximum absolute atomic E-state index is 4.81. The van der Waals surface area contributed by atoms with Gasteiger partial charge in [-0.15, -0.1) is 0 Å². The van der Waals surface area contributed by atoms with Crippen LogP contribution < -0.4 is 15.1 Å². The first-order chi connectivity index (χ1) is 14.8. The Morgan fingerprint density at radius 2 is 1.70 bits per heavy atom. The quantitative estimate of drug-likeness (QED) is 0.555. The molecule has 6 nitrogen and oxygen atoms in total. The van der Waals surface area contributed by atoms with E-state index in [1.54, 1.807) is 17.3 Å². The molecule has 6 heteroatoms. The predicted octanol–water partition coefficient (Wildman–Crippen LogP) is 2.77. The van der Waals surface area contributed by atoms with Crippen molar-refractivity contribution < 1.29 is 4.90 Å². The summed E-state index contributed by atoms with van der Waals surface area (Å²) in [4.78, 5) is 17.8. The molecule has 0 radical (unpaired) electrons. The summed E-state index contributed by atoms with van der Waals surface area (Å²) < 4.78 is 0. The van der Waals surface area contributed by atoms with Crippen LogP contribution in [-0.2, 0) is 0 Å². The van der Waals surface area contributed by atoms with Crippen LogP contribution in [0.15, 0.2) is 73.1 Å². The first kappa shape index (κ1) is 18.5. The third-order valence-electron chi connectivity index (χ3n) is 5.64. The number of likely N-dealkylation sites (N-methyl/N-ethyl adjacent to an activating group) is 1. The number of piperazine rings is 1. The van der Waals surface area contributed by atoms with E-state index in [0.717, 1.165) is 41.1 Å². The van der Waals surface area contributed by atoms with Gasteiger partial charge in [0.15, 0.2) is 5.82 Å². The Bertz CT molecular complexity index is 1140. The molecule has 1 saturated heterocycles. The van der Waals surface area contributed by atoms with Crippen LogP contribution in [0.1, 0.15) is 0 Å². The van der Waals surface area contributed by atoms with Crippen molar-refractivity contribution in [2.45, 2.75) is 0 Å². The maximum atomic E-state index is 4.81. The second-order valence-electron chi connectivity index (χ2n) is 7.77. The van der Waals surface area contributed by atoms with Crippen LogP contribution in [-0.4, -0.2) is 48.2 Å². The zero-order valence-electron chi connectivity index (χ0n) is 17.0. The highest BCUT2D eigenvalue weighted by atomic mass is 15.2. The standard InChI is InChI=1S/C24H24N6/c1-29-13-15-30(16-14-29)20-10-8-19(9-11-20)26-24-21-6-2-3-7-22(21)27-23(28-24)18-5-4-12-25-17-18/h2-12,17H,13-16H2,1H3,(H,26,27,28)/p+1. The number of para-hydroxylation sites is 1. The first-order valence-electron chi connectivity index (χ1n) is 10.4. The van der Waals surface area contributed by atoms with Crippen LogP contribution >= 0.6 is 0 Å². The van der Waals surface area contributed by atoms with Crippen molar-refractivity contribution in [3.8, 4) is 11.4 Å². The molecule has 2 aromatic heterocycles. The number of hydrogen-bond donors (Lipinski definition) is 2. The number of pyridine rings is 1. The molecule has 3 heterocycles. The SMILES string of the molecule is C[NH+]1CCN(c2ccc(Nc3nc(-c4cccnc4)nc4ccccc34)cc2)CC1. The molecule has 0 atom stereocenters. The summed E-state index contributed by atoms with van der Waals surface area (Å²) >= 11 is 0. The average molecular weight is 398 g/mol. The molecule has 1 aliphatic rings. The second kappa shape index (κ2) is 8.08. The van der Waals surface area contributed by atoms with Crippen molar-refractivity contribution in [3.63, 3.8) is 0 Å². The predicted molar refractivity (Wildman–Crippen MR) is 121 cm³/mol. The second-order valence-corrected chi connectivity index (χ2v) is 7.77. The summed E-state index contributed by atoms with van der Waals surface area (Å²) in [5.41, 5.74) is 4.10. The van der Waals surface area contributed by atoms with Crippen LogP contribution in [0, 0.1) is 0 Å². The lowest BCUT2D eigenvalue weighted by atomic mass is 10.2. The van der Waals surface area contributed by atoms with E-state index in [0.29, 0.717) is 5.82 Å². The number of benzene rings is 2. The summed E-state index contributed by atoms with van der Waals surface area (Å²) in [6.45, 7) is 4.57. The maximum Gasteiger partial charge on any atom is 0.163 e. The molecule has 1 aliphatic heterocycles. The van der Waals surface area contributed by atoms with Crippen LogP contribution in [0.3, 0.4) is 0 Å². The van der Waals surface area contributed by atoms with E-state index in [1.165, 1.54) is 18.8 Å². The lowest BCUT2D eigenvalue weighted by Gasteiger charge is -2.31. The molecular weight excluding hydrogens is 372 g/mol. The topological polar surface area (TPSA) is 58.4 Å². The molecule has 1 fully saturated rings. The van der Waals surface area contributed by atoms with Crippen molar-refractivity contribution >= 4 is 28.1 Å². The molecule has 0 aliphatic carbocycles.